The zero-order valence-electron chi connectivity index (χ0n) is 8.93. The standard InChI is InChI=1S/C10H6Cl4O4/c1-4(15)17-3-7(16)18-10-6(12)2-5(11)8(13)9(10)14/h2H,3H2,1H3. The van der Waals surface area contributed by atoms with Crippen molar-refractivity contribution in [2.24, 2.45) is 0 Å². The van der Waals surface area contributed by atoms with Crippen LogP contribution in [0.4, 0.5) is 0 Å². The normalized spacial score (nSPS) is 10.1. The number of hydrogen-bond acceptors (Lipinski definition) is 4. The van der Waals surface area contributed by atoms with Crippen molar-refractivity contribution in [3.8, 4) is 5.75 Å². The Morgan fingerprint density at radius 2 is 1.72 bits per heavy atom. The molecule has 98 valence electrons. The monoisotopic (exact) mass is 330 g/mol. The fraction of sp³-hybridized carbons (Fsp3) is 0.200. The Morgan fingerprint density at radius 1 is 1.11 bits per heavy atom. The predicted octanol–water partition coefficient (Wildman–Crippen LogP) is 3.77. The van der Waals surface area contributed by atoms with Crippen LogP contribution in [0.3, 0.4) is 0 Å². The highest BCUT2D eigenvalue weighted by Gasteiger charge is 2.18. The highest BCUT2D eigenvalue weighted by Crippen LogP contribution is 2.42. The van der Waals surface area contributed by atoms with E-state index in [1.807, 2.05) is 0 Å². The van der Waals surface area contributed by atoms with Crippen LogP contribution in [0.15, 0.2) is 6.07 Å². The summed E-state index contributed by atoms with van der Waals surface area (Å²) < 4.78 is 9.29. The van der Waals surface area contributed by atoms with Crippen LogP contribution >= 0.6 is 46.4 Å². The lowest BCUT2D eigenvalue weighted by Gasteiger charge is -2.10. The van der Waals surface area contributed by atoms with Gasteiger partial charge in [-0.05, 0) is 6.07 Å². The SMILES string of the molecule is CC(=O)OCC(=O)Oc1c(Cl)cc(Cl)c(Cl)c1Cl. The van der Waals surface area contributed by atoms with Gasteiger partial charge in [0.1, 0.15) is 5.02 Å². The molecule has 1 rings (SSSR count). The third-order valence-corrected chi connectivity index (χ3v) is 3.21. The van der Waals surface area contributed by atoms with Gasteiger partial charge >= 0.3 is 11.9 Å². The van der Waals surface area contributed by atoms with Crippen LogP contribution in [-0.2, 0) is 14.3 Å². The van der Waals surface area contributed by atoms with Gasteiger partial charge in [-0.1, -0.05) is 46.4 Å². The van der Waals surface area contributed by atoms with E-state index in [1.165, 1.54) is 6.07 Å². The Bertz CT molecular complexity index is 501. The molecule has 0 unspecified atom stereocenters. The molecular formula is C10H6Cl4O4. The first kappa shape index (κ1) is 15.4. The van der Waals surface area contributed by atoms with E-state index < -0.39 is 18.5 Å². The van der Waals surface area contributed by atoms with E-state index >= 15 is 0 Å². The lowest BCUT2D eigenvalue weighted by molar-refractivity contribution is -0.152. The largest absolute Gasteiger partial charge is 0.454 e. The van der Waals surface area contributed by atoms with E-state index in [4.69, 9.17) is 51.1 Å². The Labute approximate surface area is 123 Å². The molecule has 0 N–H and O–H groups in total. The maximum Gasteiger partial charge on any atom is 0.349 e. The van der Waals surface area contributed by atoms with Crippen molar-refractivity contribution in [1.82, 2.24) is 0 Å². The average molecular weight is 332 g/mol. The van der Waals surface area contributed by atoms with Crippen molar-refractivity contribution in [1.29, 1.82) is 0 Å². The van der Waals surface area contributed by atoms with Crippen molar-refractivity contribution in [2.45, 2.75) is 6.92 Å². The van der Waals surface area contributed by atoms with Gasteiger partial charge in [-0.25, -0.2) is 4.79 Å². The molecule has 0 amide bonds. The summed E-state index contributed by atoms with van der Waals surface area (Å²) >= 11 is 23.1. The molecule has 0 heterocycles. The van der Waals surface area contributed by atoms with E-state index in [1.54, 1.807) is 0 Å². The number of hydrogen-bond donors (Lipinski definition) is 0. The molecule has 0 aliphatic rings. The molecule has 0 spiro atoms. The van der Waals surface area contributed by atoms with Crippen LogP contribution in [0.25, 0.3) is 0 Å². The number of halogens is 4. The van der Waals surface area contributed by atoms with Gasteiger partial charge in [0.15, 0.2) is 12.4 Å². The van der Waals surface area contributed by atoms with Gasteiger partial charge in [-0.2, -0.15) is 0 Å². The van der Waals surface area contributed by atoms with Crippen LogP contribution in [0.5, 0.6) is 5.75 Å². The molecule has 8 heteroatoms. The van der Waals surface area contributed by atoms with Gasteiger partial charge in [0, 0.05) is 6.92 Å². The zero-order chi connectivity index (χ0) is 13.9. The molecule has 4 nitrogen and oxygen atoms in total. The lowest BCUT2D eigenvalue weighted by Crippen LogP contribution is -2.17. The molecule has 1 aromatic carbocycles. The molecular weight excluding hydrogens is 326 g/mol. The fourth-order valence-corrected chi connectivity index (χ4v) is 1.93. The molecule has 0 aliphatic carbocycles. The fourth-order valence-electron chi connectivity index (χ4n) is 0.947. The summed E-state index contributed by atoms with van der Waals surface area (Å²) in [6.45, 7) is 0.606. The summed E-state index contributed by atoms with van der Waals surface area (Å²) in [5.41, 5.74) is 0. The molecule has 0 aliphatic heterocycles. The number of esters is 2. The maximum atomic E-state index is 11.3. The van der Waals surface area contributed by atoms with E-state index in [9.17, 15) is 9.59 Å². The Morgan fingerprint density at radius 3 is 2.28 bits per heavy atom. The van der Waals surface area contributed by atoms with Crippen molar-refractivity contribution >= 4 is 58.3 Å². The third-order valence-electron chi connectivity index (χ3n) is 1.68. The molecule has 0 bridgehead atoms. The molecule has 0 aromatic heterocycles. The topological polar surface area (TPSA) is 52.6 Å². The van der Waals surface area contributed by atoms with Crippen molar-refractivity contribution in [2.75, 3.05) is 6.61 Å². The second kappa shape index (κ2) is 6.48. The van der Waals surface area contributed by atoms with Gasteiger partial charge in [0.25, 0.3) is 0 Å². The third kappa shape index (κ3) is 3.92. The van der Waals surface area contributed by atoms with E-state index in [0.717, 1.165) is 6.92 Å². The Kier molecular flexibility index (Phi) is 5.53. The summed E-state index contributed by atoms with van der Waals surface area (Å²) in [6.07, 6.45) is 0. The highest BCUT2D eigenvalue weighted by atomic mass is 35.5. The number of ether oxygens (including phenoxy) is 2. The van der Waals surface area contributed by atoms with Crippen LogP contribution < -0.4 is 4.74 Å². The summed E-state index contributed by atoms with van der Waals surface area (Å²) in [7, 11) is 0. The highest BCUT2D eigenvalue weighted by molar-refractivity contribution is 6.50. The maximum absolute atomic E-state index is 11.3. The van der Waals surface area contributed by atoms with Crippen molar-refractivity contribution in [3.05, 3.63) is 26.2 Å². The molecule has 0 radical (unpaired) electrons. The van der Waals surface area contributed by atoms with Crippen LogP contribution in [0.1, 0.15) is 6.92 Å². The Hall–Kier alpha value is -0.680. The van der Waals surface area contributed by atoms with Gasteiger partial charge in [0.2, 0.25) is 0 Å². The van der Waals surface area contributed by atoms with Crippen LogP contribution in [0, 0.1) is 0 Å². The van der Waals surface area contributed by atoms with Crippen molar-refractivity contribution in [3.63, 3.8) is 0 Å². The summed E-state index contributed by atoms with van der Waals surface area (Å²) in [4.78, 5) is 21.8. The molecule has 18 heavy (non-hydrogen) atoms. The van der Waals surface area contributed by atoms with Gasteiger partial charge in [0.05, 0.1) is 15.1 Å². The van der Waals surface area contributed by atoms with E-state index in [2.05, 4.69) is 4.74 Å². The average Bonchev–Trinajstić information content (AvgIpc) is 2.29. The number of rotatable bonds is 3. The Balaban J connectivity index is 2.88. The second-order valence-corrected chi connectivity index (χ2v) is 4.62. The molecule has 0 saturated heterocycles. The summed E-state index contributed by atoms with van der Waals surface area (Å²) in [5, 5.41) is 0.0698. The molecule has 0 fully saturated rings. The first-order valence-corrected chi connectivity index (χ1v) is 6.01. The van der Waals surface area contributed by atoms with Crippen LogP contribution in [-0.4, -0.2) is 18.5 Å². The summed E-state index contributed by atoms with van der Waals surface area (Å²) in [6, 6.07) is 1.28. The second-order valence-electron chi connectivity index (χ2n) is 3.05. The van der Waals surface area contributed by atoms with Gasteiger partial charge < -0.3 is 9.47 Å². The predicted molar refractivity (Wildman–Crippen MR) is 68.8 cm³/mol. The number of benzene rings is 1. The first-order chi connectivity index (χ1) is 8.32. The van der Waals surface area contributed by atoms with Gasteiger partial charge in [-0.15, -0.1) is 0 Å². The smallest absolute Gasteiger partial charge is 0.349 e. The van der Waals surface area contributed by atoms with Crippen LogP contribution in [0.2, 0.25) is 20.1 Å². The molecule has 0 saturated carbocycles. The van der Waals surface area contributed by atoms with Crippen molar-refractivity contribution < 1.29 is 19.1 Å². The van der Waals surface area contributed by atoms with E-state index in [-0.39, 0.29) is 25.8 Å². The zero-order valence-corrected chi connectivity index (χ0v) is 12.0. The molecule has 0 atom stereocenters. The quantitative estimate of drug-likeness (QED) is 0.366. The minimum Gasteiger partial charge on any atom is -0.454 e. The first-order valence-electron chi connectivity index (χ1n) is 4.50. The van der Waals surface area contributed by atoms with E-state index in [0.29, 0.717) is 0 Å². The minimum absolute atomic E-state index is 0.0121. The van der Waals surface area contributed by atoms with Gasteiger partial charge in [-0.3, -0.25) is 4.79 Å². The summed E-state index contributed by atoms with van der Waals surface area (Å²) in [5.74, 6) is -1.59. The lowest BCUT2D eigenvalue weighted by atomic mass is 10.3. The number of carbonyl (C=O) groups excluding carboxylic acids is 2. The minimum atomic E-state index is -0.840. The number of carbonyl (C=O) groups is 2. The molecule has 1 aromatic rings.